The van der Waals surface area contributed by atoms with Crippen molar-refractivity contribution in [3.05, 3.63) is 72.3 Å². The van der Waals surface area contributed by atoms with Crippen molar-refractivity contribution < 1.29 is 4.39 Å². The van der Waals surface area contributed by atoms with Gasteiger partial charge in [-0.1, -0.05) is 12.1 Å². The third kappa shape index (κ3) is 3.60. The molecule has 5 nitrogen and oxygen atoms in total. The maximum atomic E-state index is 12.9. The van der Waals surface area contributed by atoms with E-state index >= 15 is 0 Å². The number of hydrogen-bond donors (Lipinski definition) is 2. The van der Waals surface area contributed by atoms with Gasteiger partial charge in [-0.05, 0) is 36.4 Å². The molecule has 0 saturated heterocycles. The van der Waals surface area contributed by atoms with Crippen LogP contribution in [0.4, 0.5) is 27.4 Å². The van der Waals surface area contributed by atoms with Crippen molar-refractivity contribution in [3.63, 3.8) is 0 Å². The summed E-state index contributed by atoms with van der Waals surface area (Å²) in [6, 6.07) is 17.0. The summed E-state index contributed by atoms with van der Waals surface area (Å²) in [5.74, 6) is 0.810. The molecule has 0 aliphatic heterocycles. The van der Waals surface area contributed by atoms with Gasteiger partial charge in [-0.15, -0.1) is 0 Å². The third-order valence-electron chi connectivity index (χ3n) is 3.09. The first-order valence-electron chi connectivity index (χ1n) is 6.85. The molecule has 2 aromatic carbocycles. The van der Waals surface area contributed by atoms with Crippen LogP contribution in [-0.2, 0) is 0 Å². The molecule has 0 amide bonds. The van der Waals surface area contributed by atoms with Gasteiger partial charge in [-0.25, -0.2) is 14.4 Å². The van der Waals surface area contributed by atoms with Crippen molar-refractivity contribution in [2.75, 3.05) is 10.6 Å². The van der Waals surface area contributed by atoms with E-state index in [1.165, 1.54) is 18.5 Å². The molecule has 0 atom stereocenters. The molecular weight excluding hydrogens is 293 g/mol. The number of nitrogens with one attached hydrogen (secondary N) is 2. The lowest BCUT2D eigenvalue weighted by atomic mass is 10.2. The zero-order valence-corrected chi connectivity index (χ0v) is 12.0. The molecule has 0 unspecified atom stereocenters. The second-order valence-corrected chi connectivity index (χ2v) is 4.70. The third-order valence-corrected chi connectivity index (χ3v) is 3.09. The van der Waals surface area contributed by atoms with E-state index in [0.29, 0.717) is 28.6 Å². The van der Waals surface area contributed by atoms with Gasteiger partial charge in [-0.3, -0.25) is 0 Å². The van der Waals surface area contributed by atoms with E-state index in [9.17, 15) is 4.39 Å². The van der Waals surface area contributed by atoms with Crippen LogP contribution < -0.4 is 10.6 Å². The fraction of sp³-hybridized carbons (Fsp3) is 0. The van der Waals surface area contributed by atoms with Gasteiger partial charge in [0.1, 0.15) is 29.8 Å². The molecule has 3 aromatic rings. The number of hydrogen-bond acceptors (Lipinski definition) is 5. The van der Waals surface area contributed by atoms with Crippen LogP contribution in [0.5, 0.6) is 0 Å². The van der Waals surface area contributed by atoms with Crippen LogP contribution in [0, 0.1) is 17.1 Å². The van der Waals surface area contributed by atoms with E-state index in [-0.39, 0.29) is 5.82 Å². The lowest BCUT2D eigenvalue weighted by Gasteiger charge is -2.09. The highest BCUT2D eigenvalue weighted by Crippen LogP contribution is 2.21. The van der Waals surface area contributed by atoms with Gasteiger partial charge in [0.2, 0.25) is 0 Å². The minimum absolute atomic E-state index is 0.297. The van der Waals surface area contributed by atoms with E-state index in [1.807, 2.05) is 6.07 Å². The second-order valence-electron chi connectivity index (χ2n) is 4.70. The Morgan fingerprint density at radius 1 is 0.913 bits per heavy atom. The molecule has 112 valence electrons. The Hall–Kier alpha value is -3.46. The first-order valence-corrected chi connectivity index (χ1v) is 6.85. The molecular formula is C17H12FN5. The van der Waals surface area contributed by atoms with Crippen LogP contribution in [0.3, 0.4) is 0 Å². The summed E-state index contributed by atoms with van der Waals surface area (Å²) in [4.78, 5) is 8.25. The maximum Gasteiger partial charge on any atom is 0.135 e. The molecule has 0 aliphatic rings. The van der Waals surface area contributed by atoms with Crippen LogP contribution in [0.25, 0.3) is 0 Å². The smallest absolute Gasteiger partial charge is 0.135 e. The lowest BCUT2D eigenvalue weighted by Crippen LogP contribution is -1.99. The minimum atomic E-state index is -0.297. The quantitative estimate of drug-likeness (QED) is 0.763. The van der Waals surface area contributed by atoms with E-state index in [2.05, 4.69) is 26.7 Å². The fourth-order valence-corrected chi connectivity index (χ4v) is 2.00. The molecule has 0 radical (unpaired) electrons. The molecule has 3 rings (SSSR count). The average Bonchev–Trinajstić information content (AvgIpc) is 2.58. The summed E-state index contributed by atoms with van der Waals surface area (Å²) in [7, 11) is 0. The van der Waals surface area contributed by atoms with E-state index in [1.54, 1.807) is 36.4 Å². The number of para-hydroxylation sites is 1. The van der Waals surface area contributed by atoms with Crippen LogP contribution in [0.15, 0.2) is 60.9 Å². The van der Waals surface area contributed by atoms with Crippen LogP contribution >= 0.6 is 0 Å². The maximum absolute atomic E-state index is 12.9. The van der Waals surface area contributed by atoms with Gasteiger partial charge in [-0.2, -0.15) is 5.26 Å². The highest BCUT2D eigenvalue weighted by molar-refractivity contribution is 5.67. The molecule has 0 aliphatic carbocycles. The molecule has 0 spiro atoms. The summed E-state index contributed by atoms with van der Waals surface area (Å²) in [6.45, 7) is 0. The molecule has 1 heterocycles. The highest BCUT2D eigenvalue weighted by atomic mass is 19.1. The number of benzene rings is 2. The van der Waals surface area contributed by atoms with Crippen molar-refractivity contribution in [2.45, 2.75) is 0 Å². The Labute approximate surface area is 132 Å². The number of anilines is 4. The van der Waals surface area contributed by atoms with Crippen molar-refractivity contribution in [1.82, 2.24) is 9.97 Å². The number of aromatic nitrogens is 2. The second kappa shape index (κ2) is 6.54. The molecule has 2 N–H and O–H groups in total. The summed E-state index contributed by atoms with van der Waals surface area (Å²) in [6.07, 6.45) is 1.41. The predicted molar refractivity (Wildman–Crippen MR) is 86.2 cm³/mol. The van der Waals surface area contributed by atoms with E-state index in [0.717, 1.165) is 0 Å². The molecule has 0 bridgehead atoms. The first-order chi connectivity index (χ1) is 11.2. The van der Waals surface area contributed by atoms with Crippen LogP contribution in [0.1, 0.15) is 5.56 Å². The molecule has 23 heavy (non-hydrogen) atoms. The zero-order chi connectivity index (χ0) is 16.1. The Balaban J connectivity index is 1.80. The van der Waals surface area contributed by atoms with Gasteiger partial charge in [0.15, 0.2) is 0 Å². The van der Waals surface area contributed by atoms with Gasteiger partial charge in [0.25, 0.3) is 0 Å². The summed E-state index contributed by atoms with van der Waals surface area (Å²) >= 11 is 0. The standard InChI is InChI=1S/C17H12FN5/c18-13-5-7-14(8-6-13)22-16-9-17(21-11-20-16)23-15-4-2-1-3-12(15)10-19/h1-9,11H,(H2,20,21,22,23). The Morgan fingerprint density at radius 3 is 2.35 bits per heavy atom. The number of rotatable bonds is 4. The van der Waals surface area contributed by atoms with E-state index < -0.39 is 0 Å². The summed E-state index contributed by atoms with van der Waals surface area (Å²) in [5, 5.41) is 15.3. The van der Waals surface area contributed by atoms with Gasteiger partial charge in [0.05, 0.1) is 11.3 Å². The Morgan fingerprint density at radius 2 is 1.61 bits per heavy atom. The van der Waals surface area contributed by atoms with Crippen molar-refractivity contribution in [3.8, 4) is 6.07 Å². The molecule has 6 heteroatoms. The Kier molecular flexibility index (Phi) is 4.11. The van der Waals surface area contributed by atoms with Gasteiger partial charge < -0.3 is 10.6 Å². The largest absolute Gasteiger partial charge is 0.340 e. The monoisotopic (exact) mass is 305 g/mol. The fourth-order valence-electron chi connectivity index (χ4n) is 2.00. The predicted octanol–water partition coefficient (Wildman–Crippen LogP) is 3.97. The van der Waals surface area contributed by atoms with Gasteiger partial charge in [0, 0.05) is 11.8 Å². The molecule has 1 aromatic heterocycles. The van der Waals surface area contributed by atoms with Crippen LogP contribution in [0.2, 0.25) is 0 Å². The number of nitrogens with zero attached hydrogens (tertiary/aromatic N) is 3. The molecule has 0 fully saturated rings. The van der Waals surface area contributed by atoms with Crippen molar-refractivity contribution >= 4 is 23.0 Å². The van der Waals surface area contributed by atoms with Crippen LogP contribution in [-0.4, -0.2) is 9.97 Å². The number of halogens is 1. The summed E-state index contributed by atoms with van der Waals surface area (Å²) in [5.41, 5.74) is 1.91. The van der Waals surface area contributed by atoms with E-state index in [4.69, 9.17) is 5.26 Å². The first kappa shape index (κ1) is 14.5. The van der Waals surface area contributed by atoms with Gasteiger partial charge >= 0.3 is 0 Å². The minimum Gasteiger partial charge on any atom is -0.340 e. The highest BCUT2D eigenvalue weighted by Gasteiger charge is 2.04. The SMILES string of the molecule is N#Cc1ccccc1Nc1cc(Nc2ccc(F)cc2)ncn1. The zero-order valence-electron chi connectivity index (χ0n) is 12.0. The Bertz CT molecular complexity index is 855. The topological polar surface area (TPSA) is 73.6 Å². The van der Waals surface area contributed by atoms with Crippen molar-refractivity contribution in [1.29, 1.82) is 5.26 Å². The number of nitriles is 1. The normalized spacial score (nSPS) is 9.91. The summed E-state index contributed by atoms with van der Waals surface area (Å²) < 4.78 is 12.9. The molecule has 0 saturated carbocycles. The average molecular weight is 305 g/mol. The lowest BCUT2D eigenvalue weighted by molar-refractivity contribution is 0.628. The van der Waals surface area contributed by atoms with Crippen molar-refractivity contribution in [2.24, 2.45) is 0 Å².